The van der Waals surface area contributed by atoms with Crippen LogP contribution in [0.4, 0.5) is 5.69 Å². The first-order valence-corrected chi connectivity index (χ1v) is 17.4. The van der Waals surface area contributed by atoms with Crippen molar-refractivity contribution in [3.05, 3.63) is 29.3 Å². The van der Waals surface area contributed by atoms with Gasteiger partial charge in [-0.15, -0.1) is 0 Å². The van der Waals surface area contributed by atoms with Gasteiger partial charge < -0.3 is 20.2 Å². The Morgan fingerprint density at radius 2 is 1.39 bits per heavy atom. The predicted molar refractivity (Wildman–Crippen MR) is 161 cm³/mol. The van der Waals surface area contributed by atoms with Crippen molar-refractivity contribution < 1.29 is 47.0 Å². The van der Waals surface area contributed by atoms with Crippen LogP contribution < -0.4 is 5.32 Å². The number of phosphoric ester groups is 1. The largest absolute Gasteiger partial charge is 0.483 e. The quantitative estimate of drug-likeness (QED) is 0.105. The van der Waals surface area contributed by atoms with Crippen molar-refractivity contribution in [2.75, 3.05) is 18.5 Å². The first kappa shape index (κ1) is 39.4. The Balaban J connectivity index is 0.000000856. The van der Waals surface area contributed by atoms with Gasteiger partial charge in [-0.05, 0) is 55.7 Å². The Kier molecular flexibility index (Phi) is 20.3. The predicted octanol–water partition coefficient (Wildman–Crippen LogP) is 7.78. The van der Waals surface area contributed by atoms with E-state index in [1.807, 2.05) is 45.9 Å². The van der Waals surface area contributed by atoms with E-state index in [0.717, 1.165) is 68.2 Å². The molecular weight excluding hydrogens is 572 g/mol. The van der Waals surface area contributed by atoms with Crippen molar-refractivity contribution in [2.45, 2.75) is 106 Å². The van der Waals surface area contributed by atoms with Crippen molar-refractivity contribution >= 4 is 33.2 Å². The third-order valence-corrected chi connectivity index (χ3v) is 9.04. The first-order chi connectivity index (χ1) is 19.2. The number of rotatable bonds is 20. The van der Waals surface area contributed by atoms with Crippen LogP contribution in [-0.4, -0.2) is 40.0 Å². The van der Waals surface area contributed by atoms with Crippen molar-refractivity contribution in [3.63, 3.8) is 0 Å². The lowest BCUT2D eigenvalue weighted by atomic mass is 10.0. The summed E-state index contributed by atoms with van der Waals surface area (Å²) in [5.41, 5.74) is 2.77. The zero-order valence-corrected chi connectivity index (χ0v) is 27.3. The van der Waals surface area contributed by atoms with Crippen LogP contribution in [0.3, 0.4) is 0 Å². The molecule has 238 valence electrons. The molecule has 11 nitrogen and oxygen atoms in total. The molecule has 0 aromatic heterocycles. The maximum atomic E-state index is 12.7. The van der Waals surface area contributed by atoms with Crippen LogP contribution in [0.5, 0.6) is 0 Å². The summed E-state index contributed by atoms with van der Waals surface area (Å²) in [5.74, 6) is -0.925. The molecule has 1 aromatic rings. The highest BCUT2D eigenvalue weighted by atomic mass is 31.3. The molecule has 4 N–H and O–H groups in total. The number of amides is 1. The summed E-state index contributed by atoms with van der Waals surface area (Å²) in [5, 5.41) is 11.2. The summed E-state index contributed by atoms with van der Waals surface area (Å²) in [6.45, 7) is 12.2. The van der Waals surface area contributed by atoms with Crippen molar-refractivity contribution in [1.29, 1.82) is 0 Å². The molecule has 0 fully saturated rings. The second-order valence-electron chi connectivity index (χ2n) is 10.2. The van der Waals surface area contributed by atoms with Gasteiger partial charge in [-0.2, -0.15) is 4.31 Å². The van der Waals surface area contributed by atoms with Gasteiger partial charge in [-0.1, -0.05) is 78.4 Å². The van der Waals surface area contributed by atoms with Crippen molar-refractivity contribution in [2.24, 2.45) is 11.8 Å². The highest BCUT2D eigenvalue weighted by Gasteiger charge is 2.37. The number of unbranched alkanes of at least 4 members (excludes halogenated alkanes) is 2. The number of benzene rings is 1. The van der Waals surface area contributed by atoms with Crippen LogP contribution in [0.1, 0.15) is 103 Å². The Morgan fingerprint density at radius 1 is 0.878 bits per heavy atom. The van der Waals surface area contributed by atoms with E-state index < -0.39 is 21.6 Å². The second kappa shape index (κ2) is 21.2. The zero-order valence-electron chi connectivity index (χ0n) is 25.5. The number of hydrogen-bond donors (Lipinski definition) is 4. The monoisotopic (exact) mass is 623 g/mol. The number of carbonyl (C=O) groups is 2. The average molecular weight is 624 g/mol. The van der Waals surface area contributed by atoms with Gasteiger partial charge in [0.2, 0.25) is 5.91 Å². The number of phosphoric acid groups is 2. The minimum atomic E-state index is -4.98. The highest BCUT2D eigenvalue weighted by Crippen LogP contribution is 2.61. The molecule has 0 spiro atoms. The zero-order chi connectivity index (χ0) is 31.5. The number of carboxylic acids is 1. The number of nitrogens with one attached hydrogen (secondary N) is 1. The van der Waals surface area contributed by atoms with Gasteiger partial charge in [0.05, 0.1) is 19.6 Å². The Labute approximate surface area is 245 Å². The molecule has 0 aliphatic heterocycles. The van der Waals surface area contributed by atoms with Crippen molar-refractivity contribution in [1.82, 2.24) is 0 Å². The summed E-state index contributed by atoms with van der Waals surface area (Å²) < 4.78 is 38.8. The summed E-state index contributed by atoms with van der Waals surface area (Å²) in [6.07, 6.45) is 7.42. The lowest BCUT2D eigenvalue weighted by Crippen LogP contribution is -2.14. The summed E-state index contributed by atoms with van der Waals surface area (Å²) >= 11 is 0. The average Bonchev–Trinajstić information content (AvgIpc) is 2.89. The van der Waals surface area contributed by atoms with E-state index in [1.54, 1.807) is 0 Å². The van der Waals surface area contributed by atoms with Gasteiger partial charge in [0.1, 0.15) is 0 Å². The fraction of sp³-hybridized carbons (Fsp3) is 0.714. The Bertz CT molecular complexity index is 974. The fourth-order valence-electron chi connectivity index (χ4n) is 3.71. The van der Waals surface area contributed by atoms with Gasteiger partial charge in [0, 0.05) is 12.1 Å². The molecule has 2 unspecified atom stereocenters. The lowest BCUT2D eigenvalue weighted by molar-refractivity contribution is -0.138. The lowest BCUT2D eigenvalue weighted by Gasteiger charge is -2.23. The number of carbonyl (C=O) groups excluding carboxylic acids is 1. The van der Waals surface area contributed by atoms with E-state index in [4.69, 9.17) is 23.9 Å². The van der Waals surface area contributed by atoms with Crippen LogP contribution >= 0.6 is 15.6 Å². The van der Waals surface area contributed by atoms with Crippen LogP contribution in [0.15, 0.2) is 18.2 Å². The molecule has 0 bridgehead atoms. The molecule has 13 heteroatoms. The van der Waals surface area contributed by atoms with E-state index in [-0.39, 0.29) is 43.8 Å². The maximum Gasteiger partial charge on any atom is 0.483 e. The molecule has 0 aliphatic rings. The Hall–Kier alpha value is -1.58. The second-order valence-corrected chi connectivity index (χ2v) is 13.2. The maximum absolute atomic E-state index is 12.7. The molecule has 0 saturated heterocycles. The smallest absolute Gasteiger partial charge is 0.481 e. The first-order valence-electron chi connectivity index (χ1n) is 14.4. The van der Waals surface area contributed by atoms with Crippen LogP contribution in [0.2, 0.25) is 0 Å². The van der Waals surface area contributed by atoms with E-state index in [0.29, 0.717) is 0 Å². The number of aryl methyl sites for hydroxylation is 2. The SMILES string of the molecule is CCCCC(CC)COP(=O)(OCC(CC)CCCC)OP(=O)(O)O.Cc1ccc(C)c(NC(=O)CCC(=O)O)c1. The van der Waals surface area contributed by atoms with Crippen LogP contribution in [0.25, 0.3) is 0 Å². The van der Waals surface area contributed by atoms with E-state index >= 15 is 0 Å². The summed E-state index contributed by atoms with van der Waals surface area (Å²) in [6, 6.07) is 5.75. The third-order valence-electron chi connectivity index (χ3n) is 6.46. The van der Waals surface area contributed by atoms with Gasteiger partial charge in [-0.25, -0.2) is 9.13 Å². The molecule has 1 rings (SSSR count). The van der Waals surface area contributed by atoms with E-state index in [1.165, 1.54) is 0 Å². The molecule has 41 heavy (non-hydrogen) atoms. The summed E-state index contributed by atoms with van der Waals surface area (Å²) in [7, 11) is -9.28. The minimum Gasteiger partial charge on any atom is -0.481 e. The molecule has 0 aliphatic carbocycles. The number of hydrogen-bond acceptors (Lipinski definition) is 7. The van der Waals surface area contributed by atoms with Gasteiger partial charge in [-0.3, -0.25) is 18.6 Å². The molecule has 2 atom stereocenters. The fourth-order valence-corrected chi connectivity index (χ4v) is 5.99. The molecular formula is C28H51NO10P2. The molecule has 0 heterocycles. The van der Waals surface area contributed by atoms with Crippen LogP contribution in [0, 0.1) is 25.7 Å². The standard InChI is InChI=1S/C16H36O7P2.C12H15NO3/c1-5-9-11-15(7-3)13-21-25(20,23-24(17,18)19)22-14-16(8-4)12-10-6-2;1-8-3-4-9(2)10(7-8)13-11(14)5-6-12(15)16/h15-16H,5-14H2,1-4H3,(H2,17,18,19);3-4,7H,5-6H2,1-2H3,(H,13,14)(H,15,16). The highest BCUT2D eigenvalue weighted by molar-refractivity contribution is 7.61. The third kappa shape index (κ3) is 20.0. The van der Waals surface area contributed by atoms with Gasteiger partial charge in [0.15, 0.2) is 0 Å². The molecule has 0 saturated carbocycles. The summed E-state index contributed by atoms with van der Waals surface area (Å²) in [4.78, 5) is 39.8. The Morgan fingerprint density at radius 3 is 1.80 bits per heavy atom. The van der Waals surface area contributed by atoms with Crippen molar-refractivity contribution in [3.8, 4) is 0 Å². The number of carboxylic acid groups (broad SMARTS) is 1. The van der Waals surface area contributed by atoms with Crippen LogP contribution in [-0.2, 0) is 32.1 Å². The van der Waals surface area contributed by atoms with Gasteiger partial charge >= 0.3 is 21.6 Å². The van der Waals surface area contributed by atoms with E-state index in [9.17, 15) is 18.7 Å². The number of aliphatic carboxylic acids is 1. The minimum absolute atomic E-state index is 0.00269. The normalized spacial score (nSPS) is 14.3. The molecule has 1 aromatic carbocycles. The van der Waals surface area contributed by atoms with E-state index in [2.05, 4.69) is 23.5 Å². The topological polar surface area (TPSA) is 169 Å². The van der Waals surface area contributed by atoms with Gasteiger partial charge in [0.25, 0.3) is 0 Å². The number of anilines is 1. The molecule has 0 radical (unpaired) electrons. The molecule has 1 amide bonds.